The first-order valence-corrected chi connectivity index (χ1v) is 14.4. The summed E-state index contributed by atoms with van der Waals surface area (Å²) in [7, 11) is 1.57. The molecule has 0 unspecified atom stereocenters. The number of hydrogen-bond acceptors (Lipinski definition) is 5. The molecule has 0 radical (unpaired) electrons. The predicted octanol–water partition coefficient (Wildman–Crippen LogP) is 4.09. The molecule has 2 heterocycles. The van der Waals surface area contributed by atoms with Crippen molar-refractivity contribution in [1.82, 2.24) is 20.5 Å². The number of piperidine rings is 1. The zero-order valence-electron chi connectivity index (χ0n) is 25.5. The van der Waals surface area contributed by atoms with Gasteiger partial charge in [0.25, 0.3) is 5.91 Å². The number of carbonyl (C=O) groups is 4. The Kier molecular flexibility index (Phi) is 8.13. The Morgan fingerprint density at radius 2 is 1.88 bits per heavy atom. The first-order valence-electron chi connectivity index (χ1n) is 14.4. The number of H-pyrrole nitrogens is 1. The highest BCUT2D eigenvalue weighted by Crippen LogP contribution is 2.65. The molecule has 0 spiro atoms. The number of nitrogens with one attached hydrogen (secondary N) is 3. The molecule has 2 aliphatic rings. The second-order valence-electron chi connectivity index (χ2n) is 13.6. The molecule has 222 valence electrons. The van der Waals surface area contributed by atoms with Crippen LogP contribution in [0.2, 0.25) is 0 Å². The number of nitrogens with zero attached hydrogens (tertiary/aromatic N) is 1. The lowest BCUT2D eigenvalue weighted by atomic mass is 9.83. The molecular weight excluding hydrogens is 520 g/mol. The minimum atomic E-state index is -0.819. The van der Waals surface area contributed by atoms with Crippen molar-refractivity contribution in [3.8, 4) is 5.75 Å². The van der Waals surface area contributed by atoms with E-state index in [9.17, 15) is 19.2 Å². The second kappa shape index (κ2) is 11.0. The van der Waals surface area contributed by atoms with Crippen LogP contribution in [0.4, 0.5) is 0 Å². The lowest BCUT2D eigenvalue weighted by Crippen LogP contribution is -2.59. The number of hydrogen-bond donors (Lipinski definition) is 3. The van der Waals surface area contributed by atoms with Crippen LogP contribution in [0.1, 0.15) is 65.4 Å². The molecule has 1 aliphatic heterocycles. The molecule has 41 heavy (non-hydrogen) atoms. The van der Waals surface area contributed by atoms with Crippen molar-refractivity contribution < 1.29 is 23.9 Å². The van der Waals surface area contributed by atoms with Gasteiger partial charge < -0.3 is 25.3 Å². The maximum absolute atomic E-state index is 14.1. The molecule has 1 aromatic heterocycles. The molecule has 2 aromatic rings. The van der Waals surface area contributed by atoms with Crippen LogP contribution >= 0.6 is 0 Å². The van der Waals surface area contributed by atoms with Gasteiger partial charge in [-0.3, -0.25) is 19.2 Å². The average Bonchev–Trinajstić information content (AvgIpc) is 3.28. The Morgan fingerprint density at radius 1 is 1.20 bits per heavy atom. The van der Waals surface area contributed by atoms with Crippen LogP contribution in [0.3, 0.4) is 0 Å². The van der Waals surface area contributed by atoms with Crippen molar-refractivity contribution in [3.63, 3.8) is 0 Å². The minimum Gasteiger partial charge on any atom is -0.496 e. The molecule has 3 N–H and O–H groups in total. The summed E-state index contributed by atoms with van der Waals surface area (Å²) in [5.74, 6) is -0.405. The van der Waals surface area contributed by atoms with E-state index in [0.717, 1.165) is 10.9 Å². The number of methoxy groups -OCH3 is 1. The van der Waals surface area contributed by atoms with Gasteiger partial charge in [0.05, 0.1) is 13.2 Å². The van der Waals surface area contributed by atoms with Gasteiger partial charge in [-0.05, 0) is 59.3 Å². The normalized spacial score (nSPS) is 22.6. The summed E-state index contributed by atoms with van der Waals surface area (Å²) in [6, 6.07) is 4.91. The van der Waals surface area contributed by atoms with Crippen LogP contribution < -0.4 is 15.4 Å². The first-order chi connectivity index (χ1) is 19.1. The van der Waals surface area contributed by atoms with Crippen LogP contribution in [0, 0.1) is 28.6 Å². The molecule has 4 rings (SSSR count). The highest BCUT2D eigenvalue weighted by atomic mass is 16.5. The lowest BCUT2D eigenvalue weighted by molar-refractivity contribution is -0.143. The van der Waals surface area contributed by atoms with Crippen LogP contribution in [-0.2, 0) is 14.4 Å². The highest BCUT2D eigenvalue weighted by Gasteiger charge is 2.69. The molecule has 1 aromatic carbocycles. The summed E-state index contributed by atoms with van der Waals surface area (Å²) in [6.45, 7) is 17.9. The van der Waals surface area contributed by atoms with Crippen molar-refractivity contribution in [2.24, 2.45) is 28.6 Å². The van der Waals surface area contributed by atoms with Gasteiger partial charge in [-0.15, -0.1) is 0 Å². The quantitative estimate of drug-likeness (QED) is 0.376. The SMILES string of the molecule is C=CC(=O)[C@@H](NC(=O)[C@@H]1[C@@H]2[C@H](CN1C(=O)[C@H](CC(C)C)NC(=O)c1cc3c(OC)cccc3[nH]1)C2(C)C)C(C)(C)C. The number of aromatic amines is 1. The maximum Gasteiger partial charge on any atom is 0.268 e. The largest absolute Gasteiger partial charge is 0.496 e. The minimum absolute atomic E-state index is 0.0255. The summed E-state index contributed by atoms with van der Waals surface area (Å²) in [5.41, 5.74) is 0.436. The van der Waals surface area contributed by atoms with Crippen molar-refractivity contribution in [3.05, 3.63) is 42.6 Å². The number of rotatable bonds is 10. The molecule has 3 amide bonds. The van der Waals surface area contributed by atoms with E-state index in [4.69, 9.17) is 4.74 Å². The smallest absolute Gasteiger partial charge is 0.268 e. The van der Waals surface area contributed by atoms with Crippen molar-refractivity contribution in [1.29, 1.82) is 0 Å². The van der Waals surface area contributed by atoms with E-state index in [2.05, 4.69) is 36.0 Å². The summed E-state index contributed by atoms with van der Waals surface area (Å²) in [6.07, 6.45) is 1.64. The Balaban J connectivity index is 1.59. The van der Waals surface area contributed by atoms with Gasteiger partial charge in [-0.1, -0.05) is 61.1 Å². The molecule has 9 heteroatoms. The monoisotopic (exact) mass is 564 g/mol. The van der Waals surface area contributed by atoms with Crippen molar-refractivity contribution >= 4 is 34.4 Å². The zero-order valence-corrected chi connectivity index (χ0v) is 25.5. The number of benzene rings is 1. The third-order valence-electron chi connectivity index (χ3n) is 8.80. The Bertz CT molecular complexity index is 1370. The zero-order chi connectivity index (χ0) is 30.4. The number of carbonyl (C=O) groups excluding carboxylic acids is 4. The molecule has 9 nitrogen and oxygen atoms in total. The third kappa shape index (κ3) is 5.76. The van der Waals surface area contributed by atoms with Gasteiger partial charge in [0.2, 0.25) is 11.8 Å². The summed E-state index contributed by atoms with van der Waals surface area (Å²) in [5, 5.41) is 6.66. The summed E-state index contributed by atoms with van der Waals surface area (Å²) < 4.78 is 5.42. The molecular formula is C32H44N4O5. The summed E-state index contributed by atoms with van der Waals surface area (Å²) >= 11 is 0. The van der Waals surface area contributed by atoms with E-state index < -0.39 is 29.4 Å². The van der Waals surface area contributed by atoms with Gasteiger partial charge >= 0.3 is 0 Å². The van der Waals surface area contributed by atoms with Gasteiger partial charge in [0, 0.05) is 17.4 Å². The van der Waals surface area contributed by atoms with E-state index in [1.54, 1.807) is 18.1 Å². The molecule has 1 aliphatic carbocycles. The van der Waals surface area contributed by atoms with E-state index in [0.29, 0.717) is 24.4 Å². The van der Waals surface area contributed by atoms with Gasteiger partial charge in [-0.25, -0.2) is 0 Å². The fourth-order valence-corrected chi connectivity index (χ4v) is 6.43. The Morgan fingerprint density at radius 3 is 2.46 bits per heavy atom. The maximum atomic E-state index is 14.1. The average molecular weight is 565 g/mol. The standard InChI is InChI=1S/C32H44N4O5/c1-10-23(37)27(31(4,5)6)35-29(39)26-25-19(32(25,7)8)16-36(26)30(40)22(14-17(2)3)34-28(38)21-15-18-20(33-21)12-11-13-24(18)41-9/h10-13,15,17,19,22,25-27,33H,1,14,16H2,2-9H3,(H,34,38)(H,35,39)/t19-,22-,25-,26-,27+/m0/s1. The number of amides is 3. The fraction of sp³-hybridized carbons (Fsp3) is 0.562. The van der Waals surface area contributed by atoms with Crippen LogP contribution in [0.5, 0.6) is 5.75 Å². The molecule has 1 saturated carbocycles. The second-order valence-corrected chi connectivity index (χ2v) is 13.6. The number of aromatic nitrogens is 1. The molecule has 5 atom stereocenters. The highest BCUT2D eigenvalue weighted by molar-refractivity contribution is 6.02. The van der Waals surface area contributed by atoms with Gasteiger partial charge in [0.15, 0.2) is 5.78 Å². The van der Waals surface area contributed by atoms with E-state index in [-0.39, 0.29) is 40.8 Å². The van der Waals surface area contributed by atoms with Crippen molar-refractivity contribution in [2.45, 2.75) is 73.0 Å². The molecule has 1 saturated heterocycles. The first kappa shape index (κ1) is 30.3. The Labute approximate surface area is 242 Å². The van der Waals surface area contributed by atoms with E-state index >= 15 is 0 Å². The van der Waals surface area contributed by atoms with Crippen LogP contribution in [-0.4, -0.2) is 65.2 Å². The summed E-state index contributed by atoms with van der Waals surface area (Å²) in [4.78, 5) is 58.7. The van der Waals surface area contributed by atoms with E-state index in [1.165, 1.54) is 6.08 Å². The Hall–Kier alpha value is -3.62. The predicted molar refractivity (Wildman–Crippen MR) is 158 cm³/mol. The van der Waals surface area contributed by atoms with Crippen LogP contribution in [0.25, 0.3) is 10.9 Å². The fourth-order valence-electron chi connectivity index (χ4n) is 6.43. The van der Waals surface area contributed by atoms with Gasteiger partial charge in [0.1, 0.15) is 23.5 Å². The lowest BCUT2D eigenvalue weighted by Gasteiger charge is -2.36. The van der Waals surface area contributed by atoms with Crippen molar-refractivity contribution in [2.75, 3.05) is 13.7 Å². The number of ether oxygens (including phenoxy) is 1. The molecule has 0 bridgehead atoms. The van der Waals surface area contributed by atoms with E-state index in [1.807, 2.05) is 52.8 Å². The van der Waals surface area contributed by atoms with Gasteiger partial charge in [-0.2, -0.15) is 0 Å². The number of likely N-dealkylation sites (tertiary alicyclic amines) is 1. The third-order valence-corrected chi connectivity index (χ3v) is 8.80. The number of fused-ring (bicyclic) bond motifs is 2. The molecule has 2 fully saturated rings. The number of ketones is 1. The topological polar surface area (TPSA) is 121 Å². The van der Waals surface area contributed by atoms with Crippen LogP contribution in [0.15, 0.2) is 36.9 Å².